The SMILES string of the molecule is CC(C)(C)c1ccc(N2B3c4cc5c(cc4-n4c6ccc7oc8ccccc8c7c6c6c7c(c(c3c64)-c3cc4c(cc32)sc2ccccc24)C(C)(C)c2ccccc2-7)-c2ccccc2C5(C)C)cc1. The molecule has 5 heterocycles. The van der Waals surface area contributed by atoms with Crippen LogP contribution in [0.1, 0.15) is 76.3 Å². The van der Waals surface area contributed by atoms with E-state index in [9.17, 15) is 0 Å². The van der Waals surface area contributed by atoms with E-state index in [4.69, 9.17) is 4.42 Å². The molecule has 0 fully saturated rings. The smallest absolute Gasteiger partial charge is 0.333 e. The van der Waals surface area contributed by atoms with E-state index >= 15 is 0 Å². The molecule has 69 heavy (non-hydrogen) atoms. The van der Waals surface area contributed by atoms with Gasteiger partial charge in [0.2, 0.25) is 0 Å². The molecular formula is C64H47BN2OS. The molecule has 2 aliphatic carbocycles. The summed E-state index contributed by atoms with van der Waals surface area (Å²) < 4.78 is 12.1. The van der Waals surface area contributed by atoms with Gasteiger partial charge in [0, 0.05) is 75.2 Å². The summed E-state index contributed by atoms with van der Waals surface area (Å²) in [5.74, 6) is 0. The van der Waals surface area contributed by atoms with Crippen molar-refractivity contribution in [2.75, 3.05) is 4.81 Å². The molecule has 0 saturated heterocycles. The molecule has 3 nitrogen and oxygen atoms in total. The third-order valence-electron chi connectivity index (χ3n) is 17.1. The minimum atomic E-state index is -0.307. The molecule has 2 aliphatic heterocycles. The van der Waals surface area contributed by atoms with Gasteiger partial charge in [-0.05, 0) is 127 Å². The molecule has 328 valence electrons. The largest absolute Gasteiger partial charge is 0.456 e. The maximum Gasteiger partial charge on any atom is 0.333 e. The van der Waals surface area contributed by atoms with Crippen molar-refractivity contribution in [3.8, 4) is 39.1 Å². The predicted octanol–water partition coefficient (Wildman–Crippen LogP) is 16.2. The minimum absolute atomic E-state index is 0.0175. The number of rotatable bonds is 1. The fourth-order valence-corrected chi connectivity index (χ4v) is 15.1. The van der Waals surface area contributed by atoms with Crippen molar-refractivity contribution in [1.82, 2.24) is 4.57 Å². The second-order valence-electron chi connectivity index (χ2n) is 22.4. The maximum atomic E-state index is 6.80. The van der Waals surface area contributed by atoms with Crippen LogP contribution < -0.4 is 15.7 Å². The lowest BCUT2D eigenvalue weighted by molar-refractivity contribution is 0.590. The van der Waals surface area contributed by atoms with Gasteiger partial charge in [0.05, 0.1) is 11.0 Å². The fraction of sp³-hybridized carbons (Fsp3) is 0.156. The van der Waals surface area contributed by atoms with Crippen LogP contribution in [0.2, 0.25) is 0 Å². The first-order valence-corrected chi connectivity index (χ1v) is 25.4. The van der Waals surface area contributed by atoms with Gasteiger partial charge in [-0.3, -0.25) is 0 Å². The molecule has 0 saturated carbocycles. The Morgan fingerprint density at radius 3 is 2.03 bits per heavy atom. The highest BCUT2D eigenvalue weighted by molar-refractivity contribution is 7.25. The normalized spacial score (nSPS) is 15.6. The van der Waals surface area contributed by atoms with Crippen LogP contribution in [0.3, 0.4) is 0 Å². The van der Waals surface area contributed by atoms with Crippen LogP contribution in [0.5, 0.6) is 0 Å². The minimum Gasteiger partial charge on any atom is -0.456 e. The zero-order valence-electron chi connectivity index (χ0n) is 39.8. The average Bonchev–Trinajstić information content (AvgIpc) is 4.12. The molecular weight excluding hydrogens is 856 g/mol. The molecule has 0 radical (unpaired) electrons. The monoisotopic (exact) mass is 902 g/mol. The van der Waals surface area contributed by atoms with E-state index in [1.54, 1.807) is 0 Å². The quantitative estimate of drug-likeness (QED) is 0.153. The van der Waals surface area contributed by atoms with Gasteiger partial charge in [-0.2, -0.15) is 0 Å². The van der Waals surface area contributed by atoms with Gasteiger partial charge in [-0.25, -0.2) is 0 Å². The third-order valence-corrected chi connectivity index (χ3v) is 18.2. The molecule has 0 atom stereocenters. The van der Waals surface area contributed by atoms with E-state index < -0.39 is 0 Å². The lowest BCUT2D eigenvalue weighted by Gasteiger charge is -2.44. The number of hydrogen-bond acceptors (Lipinski definition) is 3. The van der Waals surface area contributed by atoms with Crippen molar-refractivity contribution >= 4 is 104 Å². The van der Waals surface area contributed by atoms with Crippen LogP contribution >= 0.6 is 11.3 Å². The first-order valence-electron chi connectivity index (χ1n) is 24.6. The van der Waals surface area contributed by atoms with Crippen LogP contribution in [0.15, 0.2) is 162 Å². The second kappa shape index (κ2) is 12.5. The summed E-state index contributed by atoms with van der Waals surface area (Å²) in [5, 5.41) is 7.61. The van der Waals surface area contributed by atoms with Gasteiger partial charge < -0.3 is 13.8 Å². The number of furan rings is 1. The number of nitrogens with zero attached hydrogens (tertiary/aromatic N) is 2. The van der Waals surface area contributed by atoms with E-state index in [1.165, 1.54) is 137 Å². The number of thiophene rings is 1. The number of benzene rings is 9. The van der Waals surface area contributed by atoms with Crippen molar-refractivity contribution in [1.29, 1.82) is 0 Å². The summed E-state index contributed by atoms with van der Waals surface area (Å²) in [6, 6.07) is 60.6. The summed E-state index contributed by atoms with van der Waals surface area (Å²) >= 11 is 1.92. The van der Waals surface area contributed by atoms with Crippen LogP contribution in [0, 0.1) is 0 Å². The van der Waals surface area contributed by atoms with Crippen LogP contribution in [-0.4, -0.2) is 11.4 Å². The zero-order valence-corrected chi connectivity index (χ0v) is 40.6. The Bertz CT molecular complexity index is 4360. The van der Waals surface area contributed by atoms with E-state index in [1.807, 2.05) is 11.3 Å². The van der Waals surface area contributed by atoms with Gasteiger partial charge in [0.25, 0.3) is 0 Å². The average molecular weight is 903 g/mol. The molecule has 0 unspecified atom stereocenters. The number of hydrogen-bond donors (Lipinski definition) is 0. The lowest BCUT2D eigenvalue weighted by atomic mass is 9.43. The van der Waals surface area contributed by atoms with E-state index in [0.29, 0.717) is 0 Å². The van der Waals surface area contributed by atoms with Crippen molar-refractivity contribution in [2.45, 2.75) is 64.7 Å². The Balaban J connectivity index is 1.18. The van der Waals surface area contributed by atoms with Gasteiger partial charge in [0.1, 0.15) is 11.2 Å². The zero-order chi connectivity index (χ0) is 46.2. The number of aromatic nitrogens is 1. The van der Waals surface area contributed by atoms with Crippen molar-refractivity contribution < 1.29 is 4.42 Å². The van der Waals surface area contributed by atoms with Crippen molar-refractivity contribution in [2.24, 2.45) is 0 Å². The fourth-order valence-electron chi connectivity index (χ4n) is 14.0. The predicted molar refractivity (Wildman–Crippen MR) is 294 cm³/mol. The van der Waals surface area contributed by atoms with Crippen LogP contribution in [0.25, 0.3) is 103 Å². The topological polar surface area (TPSA) is 21.3 Å². The summed E-state index contributed by atoms with van der Waals surface area (Å²) in [4.78, 5) is 2.75. The first kappa shape index (κ1) is 38.6. The van der Waals surface area contributed by atoms with Crippen molar-refractivity contribution in [3.63, 3.8) is 0 Å². The molecule has 9 aromatic carbocycles. The van der Waals surface area contributed by atoms with E-state index in [-0.39, 0.29) is 23.1 Å². The maximum absolute atomic E-state index is 6.80. The van der Waals surface area contributed by atoms with Crippen LogP contribution in [0.4, 0.5) is 11.4 Å². The number of fused-ring (bicyclic) bond motifs is 23. The highest BCUT2D eigenvalue weighted by Crippen LogP contribution is 2.61. The van der Waals surface area contributed by atoms with Gasteiger partial charge in [-0.1, -0.05) is 152 Å². The molecule has 12 aromatic rings. The summed E-state index contributed by atoms with van der Waals surface area (Å²) in [6.45, 7) is 16.7. The molecule has 0 amide bonds. The third kappa shape index (κ3) is 4.57. The molecule has 0 N–H and O–H groups in total. The standard InChI is InChI=1S/C64H47BN2OS/c1-62(2,3)34-24-26-35(27-25-34)67-48-33-53-41(37-17-11-15-23-52(37)69-53)30-42(48)56-59-55(38-18-9-13-21-44(38)64(59,6)7)58-57-47(28-29-51-54(57)39-19-10-14-22-50(39)68-51)66-49-31-40-36-16-8-12-20-43(36)63(4,5)45(40)32-46(49)65(67)60(56)61(58)66/h8-33H,1-7H3. The van der Waals surface area contributed by atoms with Gasteiger partial charge in [-0.15, -0.1) is 11.3 Å². The lowest BCUT2D eigenvalue weighted by Crippen LogP contribution is -2.61. The molecule has 4 aliphatic rings. The first-order chi connectivity index (χ1) is 33.4. The molecule has 5 heteroatoms. The second-order valence-corrected chi connectivity index (χ2v) is 23.4. The molecule has 16 rings (SSSR count). The molecule has 3 aromatic heterocycles. The highest BCUT2D eigenvalue weighted by atomic mass is 32.1. The Hall–Kier alpha value is -7.34. The molecule has 0 spiro atoms. The highest BCUT2D eigenvalue weighted by Gasteiger charge is 2.51. The van der Waals surface area contributed by atoms with Crippen molar-refractivity contribution in [3.05, 3.63) is 186 Å². The van der Waals surface area contributed by atoms with Gasteiger partial charge in [0.15, 0.2) is 0 Å². The Labute approximate surface area is 405 Å². The Morgan fingerprint density at radius 2 is 1.23 bits per heavy atom. The van der Waals surface area contributed by atoms with Crippen LogP contribution in [-0.2, 0) is 16.2 Å². The van der Waals surface area contributed by atoms with E-state index in [2.05, 4.69) is 216 Å². The Morgan fingerprint density at radius 1 is 0.522 bits per heavy atom. The number of anilines is 2. The summed E-state index contributed by atoms with van der Waals surface area (Å²) in [6.07, 6.45) is 0. The summed E-state index contributed by atoms with van der Waals surface area (Å²) in [5.41, 5.74) is 25.4. The Kier molecular flexibility index (Phi) is 6.97. The summed E-state index contributed by atoms with van der Waals surface area (Å²) in [7, 11) is 0. The van der Waals surface area contributed by atoms with Gasteiger partial charge >= 0.3 is 6.85 Å². The van der Waals surface area contributed by atoms with E-state index in [0.717, 1.165) is 16.6 Å². The number of para-hydroxylation sites is 1. The molecule has 0 bridgehead atoms.